The second kappa shape index (κ2) is 9.05. The van der Waals surface area contributed by atoms with E-state index in [1.807, 2.05) is 12.1 Å². The van der Waals surface area contributed by atoms with Gasteiger partial charge in [0, 0.05) is 6.54 Å². The third kappa shape index (κ3) is 4.43. The Bertz CT molecular complexity index is 1230. The number of aromatic nitrogens is 2. The summed E-state index contributed by atoms with van der Waals surface area (Å²) in [7, 11) is -3.72. The minimum Gasteiger partial charge on any atom is -0.317 e. The molecule has 32 heavy (non-hydrogen) atoms. The lowest BCUT2D eigenvalue weighted by Gasteiger charge is -2.22. The number of benzene rings is 2. The number of amides is 1. The van der Waals surface area contributed by atoms with Crippen molar-refractivity contribution in [3.8, 4) is 0 Å². The van der Waals surface area contributed by atoms with Gasteiger partial charge in [-0.1, -0.05) is 49.4 Å². The first kappa shape index (κ1) is 22.5. The number of carbonyl (C=O) groups excluding carboxylic acids is 1. The van der Waals surface area contributed by atoms with E-state index in [9.17, 15) is 17.6 Å². The maximum absolute atomic E-state index is 13.8. The van der Waals surface area contributed by atoms with Gasteiger partial charge in [-0.3, -0.25) is 4.79 Å². The molecule has 10 heteroatoms. The van der Waals surface area contributed by atoms with Crippen LogP contribution < -0.4 is 5.32 Å². The van der Waals surface area contributed by atoms with Crippen molar-refractivity contribution in [1.82, 2.24) is 14.5 Å². The van der Waals surface area contributed by atoms with Gasteiger partial charge in [-0.15, -0.1) is 10.2 Å². The number of halogens is 1. The van der Waals surface area contributed by atoms with Crippen LogP contribution in [0.3, 0.4) is 0 Å². The molecule has 168 valence electrons. The van der Waals surface area contributed by atoms with Crippen LogP contribution in [0.2, 0.25) is 0 Å². The zero-order valence-electron chi connectivity index (χ0n) is 17.7. The fraction of sp³-hybridized carbons (Fsp3) is 0.318. The number of sulfonamides is 1. The molecule has 1 aliphatic heterocycles. The highest BCUT2D eigenvalue weighted by Gasteiger charge is 2.38. The van der Waals surface area contributed by atoms with E-state index in [-0.39, 0.29) is 15.6 Å². The molecule has 1 atom stereocenters. The summed E-state index contributed by atoms with van der Waals surface area (Å²) in [5.41, 5.74) is 1.11. The third-order valence-electron chi connectivity index (χ3n) is 5.40. The molecule has 7 nitrogen and oxygen atoms in total. The van der Waals surface area contributed by atoms with Crippen LogP contribution in [0.4, 0.5) is 10.1 Å². The molecule has 1 aliphatic rings. The first-order valence-electron chi connectivity index (χ1n) is 10.3. The summed E-state index contributed by atoms with van der Waals surface area (Å²) in [4.78, 5) is 12.7. The molecular formula is C22H23FN4O3S2. The van der Waals surface area contributed by atoms with Crippen molar-refractivity contribution in [2.24, 2.45) is 0 Å². The molecule has 1 amide bonds. The Balaban J connectivity index is 1.54. The lowest BCUT2D eigenvalue weighted by atomic mass is 10.0. The number of anilines is 1. The van der Waals surface area contributed by atoms with Crippen molar-refractivity contribution in [2.45, 2.75) is 43.5 Å². The highest BCUT2D eigenvalue weighted by atomic mass is 32.2. The fourth-order valence-corrected chi connectivity index (χ4v) is 6.25. The van der Waals surface area contributed by atoms with Gasteiger partial charge in [0.1, 0.15) is 10.8 Å². The average molecular weight is 475 g/mol. The van der Waals surface area contributed by atoms with Crippen LogP contribution in [0.5, 0.6) is 0 Å². The molecule has 4 rings (SSSR count). The normalized spacial score (nSPS) is 17.1. The van der Waals surface area contributed by atoms with Gasteiger partial charge in [-0.2, -0.15) is 4.31 Å². The minimum absolute atomic E-state index is 0.0455. The molecule has 0 unspecified atom stereocenters. The highest BCUT2D eigenvalue weighted by molar-refractivity contribution is 7.89. The number of nitrogens with zero attached hydrogens (tertiary/aromatic N) is 3. The molecule has 1 fully saturated rings. The number of hydrogen-bond acceptors (Lipinski definition) is 6. The Kier molecular flexibility index (Phi) is 6.36. The van der Waals surface area contributed by atoms with Gasteiger partial charge in [-0.25, -0.2) is 12.8 Å². The summed E-state index contributed by atoms with van der Waals surface area (Å²) in [6, 6.07) is 12.3. The molecule has 1 saturated heterocycles. The Morgan fingerprint density at radius 2 is 1.88 bits per heavy atom. The molecule has 3 aromatic rings. The van der Waals surface area contributed by atoms with Gasteiger partial charge in [0.05, 0.1) is 16.6 Å². The maximum Gasteiger partial charge on any atom is 0.286 e. The van der Waals surface area contributed by atoms with Crippen LogP contribution in [-0.2, 0) is 10.0 Å². The first-order valence-corrected chi connectivity index (χ1v) is 12.5. The van der Waals surface area contributed by atoms with E-state index in [1.54, 1.807) is 18.2 Å². The Labute approximate surface area is 190 Å². The van der Waals surface area contributed by atoms with Crippen LogP contribution >= 0.6 is 11.3 Å². The van der Waals surface area contributed by atoms with Gasteiger partial charge in [0.25, 0.3) is 5.91 Å². The largest absolute Gasteiger partial charge is 0.317 e. The number of nitrogens with one attached hydrogen (secondary N) is 1. The van der Waals surface area contributed by atoms with Crippen LogP contribution in [-0.4, -0.2) is 35.4 Å². The Hall–Kier alpha value is -2.69. The quantitative estimate of drug-likeness (QED) is 0.565. The number of rotatable bonds is 6. The number of para-hydroxylation sites is 1. The van der Waals surface area contributed by atoms with E-state index in [0.29, 0.717) is 30.3 Å². The van der Waals surface area contributed by atoms with Crippen LogP contribution in [0.1, 0.15) is 59.0 Å². The smallest absolute Gasteiger partial charge is 0.286 e. The van der Waals surface area contributed by atoms with Crippen LogP contribution in [0, 0.1) is 5.82 Å². The summed E-state index contributed by atoms with van der Waals surface area (Å²) in [5.74, 6) is -0.834. The molecule has 2 aromatic carbocycles. The summed E-state index contributed by atoms with van der Waals surface area (Å²) in [6.07, 6.45) is 1.27. The van der Waals surface area contributed by atoms with Gasteiger partial charge < -0.3 is 5.32 Å². The molecule has 1 aromatic heterocycles. The maximum atomic E-state index is 13.8. The zero-order valence-corrected chi connectivity index (χ0v) is 19.3. The second-order valence-electron chi connectivity index (χ2n) is 7.88. The molecule has 0 bridgehead atoms. The van der Waals surface area contributed by atoms with Crippen molar-refractivity contribution >= 4 is 33.0 Å². The average Bonchev–Trinajstić information content (AvgIpc) is 3.45. The number of hydrogen-bond donors (Lipinski definition) is 1. The van der Waals surface area contributed by atoms with E-state index in [2.05, 4.69) is 29.4 Å². The van der Waals surface area contributed by atoms with E-state index in [1.165, 1.54) is 22.5 Å². The van der Waals surface area contributed by atoms with E-state index < -0.39 is 27.8 Å². The van der Waals surface area contributed by atoms with E-state index >= 15 is 0 Å². The topological polar surface area (TPSA) is 92.3 Å². The van der Waals surface area contributed by atoms with Gasteiger partial charge in [-0.05, 0) is 48.6 Å². The Morgan fingerprint density at radius 1 is 1.16 bits per heavy atom. The standard InChI is InChI=1S/C22H23FN4O3S2/c1-14(2)15-9-11-16(12-10-15)32(29,30)27-13-5-8-19(27)21-25-26-22(31-21)20(28)24-18-7-4-3-6-17(18)23/h3-4,6-7,9-12,14,19H,5,8,13H2,1-2H3,(H,24,28)/t19-/m0/s1. The Morgan fingerprint density at radius 3 is 2.56 bits per heavy atom. The van der Waals surface area contributed by atoms with E-state index in [4.69, 9.17) is 0 Å². The lowest BCUT2D eigenvalue weighted by molar-refractivity contribution is 0.102. The predicted molar refractivity (Wildman–Crippen MR) is 121 cm³/mol. The zero-order chi connectivity index (χ0) is 22.9. The molecular weight excluding hydrogens is 451 g/mol. The van der Waals surface area contributed by atoms with Crippen LogP contribution in [0.15, 0.2) is 53.4 Å². The second-order valence-corrected chi connectivity index (χ2v) is 10.8. The minimum atomic E-state index is -3.72. The van der Waals surface area contributed by atoms with Crippen molar-refractivity contribution in [1.29, 1.82) is 0 Å². The molecule has 0 aliphatic carbocycles. The predicted octanol–water partition coefficient (Wildman–Crippen LogP) is 4.58. The summed E-state index contributed by atoms with van der Waals surface area (Å²) >= 11 is 1.02. The highest BCUT2D eigenvalue weighted by Crippen LogP contribution is 2.38. The van der Waals surface area contributed by atoms with Gasteiger partial charge >= 0.3 is 0 Å². The lowest BCUT2D eigenvalue weighted by Crippen LogP contribution is -2.30. The van der Waals surface area contributed by atoms with Crippen LogP contribution in [0.25, 0.3) is 0 Å². The fourth-order valence-electron chi connectivity index (χ4n) is 3.63. The first-order chi connectivity index (χ1) is 15.3. The molecule has 2 heterocycles. The molecule has 1 N–H and O–H groups in total. The molecule has 0 radical (unpaired) electrons. The summed E-state index contributed by atoms with van der Waals surface area (Å²) in [5, 5.41) is 11.0. The van der Waals surface area contributed by atoms with Gasteiger partial charge in [0.2, 0.25) is 15.0 Å². The molecule has 0 spiro atoms. The van der Waals surface area contributed by atoms with E-state index in [0.717, 1.165) is 16.9 Å². The van der Waals surface area contributed by atoms with Crippen molar-refractivity contribution < 1.29 is 17.6 Å². The monoisotopic (exact) mass is 474 g/mol. The van der Waals surface area contributed by atoms with Crippen molar-refractivity contribution in [3.05, 3.63) is 69.9 Å². The summed E-state index contributed by atoms with van der Waals surface area (Å²) in [6.45, 7) is 4.47. The SMILES string of the molecule is CC(C)c1ccc(S(=O)(=O)N2CCC[C@H]2c2nnc(C(=O)Nc3ccccc3F)s2)cc1. The van der Waals surface area contributed by atoms with Gasteiger partial charge in [0.15, 0.2) is 0 Å². The number of carbonyl (C=O) groups is 1. The third-order valence-corrected chi connectivity index (χ3v) is 8.34. The molecule has 0 saturated carbocycles. The van der Waals surface area contributed by atoms with Crippen molar-refractivity contribution in [2.75, 3.05) is 11.9 Å². The summed E-state index contributed by atoms with van der Waals surface area (Å²) < 4.78 is 41.8. The van der Waals surface area contributed by atoms with Crippen molar-refractivity contribution in [3.63, 3.8) is 0 Å².